The SMILES string of the molecule is Cc1sc(-c2nc3ccccc3cc2Br)nc1N. The lowest BCUT2D eigenvalue weighted by Gasteiger charge is -2.03. The van der Waals surface area contributed by atoms with Gasteiger partial charge in [0.15, 0.2) is 0 Å². The zero-order valence-corrected chi connectivity index (χ0v) is 12.0. The van der Waals surface area contributed by atoms with Gasteiger partial charge in [-0.05, 0) is 35.0 Å². The predicted octanol–water partition coefficient (Wildman–Crippen LogP) is 4.01. The van der Waals surface area contributed by atoms with E-state index in [0.29, 0.717) is 5.82 Å². The van der Waals surface area contributed by atoms with Gasteiger partial charge in [0.1, 0.15) is 16.5 Å². The van der Waals surface area contributed by atoms with Crippen LogP contribution >= 0.6 is 27.3 Å². The number of hydrogen-bond acceptors (Lipinski definition) is 4. The lowest BCUT2D eigenvalue weighted by atomic mass is 10.2. The van der Waals surface area contributed by atoms with Crippen LogP contribution in [0.4, 0.5) is 5.82 Å². The molecule has 0 aliphatic heterocycles. The second kappa shape index (κ2) is 4.33. The van der Waals surface area contributed by atoms with Crippen LogP contribution in [0, 0.1) is 6.92 Å². The van der Waals surface area contributed by atoms with Gasteiger partial charge in [0, 0.05) is 14.7 Å². The van der Waals surface area contributed by atoms with Gasteiger partial charge < -0.3 is 5.73 Å². The third kappa shape index (κ3) is 1.89. The normalized spacial score (nSPS) is 11.0. The number of fused-ring (bicyclic) bond motifs is 1. The molecule has 0 aliphatic rings. The molecule has 0 atom stereocenters. The van der Waals surface area contributed by atoms with E-state index in [1.807, 2.05) is 31.2 Å². The molecule has 2 heterocycles. The monoisotopic (exact) mass is 319 g/mol. The average molecular weight is 320 g/mol. The van der Waals surface area contributed by atoms with Gasteiger partial charge in [0.05, 0.1) is 5.52 Å². The Kier molecular flexibility index (Phi) is 2.80. The number of thiazole rings is 1. The number of para-hydroxylation sites is 1. The summed E-state index contributed by atoms with van der Waals surface area (Å²) >= 11 is 5.11. The van der Waals surface area contributed by atoms with Crippen molar-refractivity contribution >= 4 is 44.0 Å². The highest BCUT2D eigenvalue weighted by atomic mass is 79.9. The number of aryl methyl sites for hydroxylation is 1. The van der Waals surface area contributed by atoms with Crippen molar-refractivity contribution in [3.8, 4) is 10.7 Å². The first-order valence-electron chi connectivity index (χ1n) is 5.44. The van der Waals surface area contributed by atoms with E-state index in [4.69, 9.17) is 5.73 Å². The number of anilines is 1. The number of halogens is 1. The minimum atomic E-state index is 0.580. The molecule has 0 saturated carbocycles. The molecule has 18 heavy (non-hydrogen) atoms. The van der Waals surface area contributed by atoms with Gasteiger partial charge in [0.25, 0.3) is 0 Å². The Bertz CT molecular complexity index is 717. The molecule has 3 rings (SSSR count). The maximum Gasteiger partial charge on any atom is 0.145 e. The van der Waals surface area contributed by atoms with Crippen molar-refractivity contribution in [3.05, 3.63) is 39.7 Å². The molecule has 90 valence electrons. The van der Waals surface area contributed by atoms with Crippen LogP contribution in [0.1, 0.15) is 4.88 Å². The zero-order chi connectivity index (χ0) is 12.7. The topological polar surface area (TPSA) is 51.8 Å². The number of aromatic nitrogens is 2. The van der Waals surface area contributed by atoms with E-state index < -0.39 is 0 Å². The van der Waals surface area contributed by atoms with Gasteiger partial charge in [-0.25, -0.2) is 9.97 Å². The molecule has 0 aliphatic carbocycles. The quantitative estimate of drug-likeness (QED) is 0.737. The average Bonchev–Trinajstić information content (AvgIpc) is 2.68. The van der Waals surface area contributed by atoms with E-state index in [2.05, 4.69) is 32.0 Å². The summed E-state index contributed by atoms with van der Waals surface area (Å²) in [6.45, 7) is 1.96. The van der Waals surface area contributed by atoms with Crippen LogP contribution in [-0.2, 0) is 0 Å². The Hall–Kier alpha value is -1.46. The molecule has 3 nitrogen and oxygen atoms in total. The summed E-state index contributed by atoms with van der Waals surface area (Å²) in [5.74, 6) is 0.580. The van der Waals surface area contributed by atoms with Crippen molar-refractivity contribution in [3.63, 3.8) is 0 Å². The van der Waals surface area contributed by atoms with E-state index in [0.717, 1.165) is 31.0 Å². The number of nitrogen functional groups attached to an aromatic ring is 1. The zero-order valence-electron chi connectivity index (χ0n) is 9.64. The van der Waals surface area contributed by atoms with Gasteiger partial charge in [0.2, 0.25) is 0 Å². The molecule has 0 amide bonds. The van der Waals surface area contributed by atoms with Crippen LogP contribution in [0.2, 0.25) is 0 Å². The molecule has 2 N–H and O–H groups in total. The molecule has 0 unspecified atom stereocenters. The highest BCUT2D eigenvalue weighted by Gasteiger charge is 2.12. The number of benzene rings is 1. The lowest BCUT2D eigenvalue weighted by Crippen LogP contribution is -1.89. The molecule has 0 bridgehead atoms. The van der Waals surface area contributed by atoms with Gasteiger partial charge >= 0.3 is 0 Å². The first-order chi connectivity index (χ1) is 8.65. The molecule has 3 aromatic rings. The van der Waals surface area contributed by atoms with Crippen molar-refractivity contribution in [2.24, 2.45) is 0 Å². The summed E-state index contributed by atoms with van der Waals surface area (Å²) in [6, 6.07) is 10.1. The second-order valence-corrected chi connectivity index (χ2v) is 6.03. The van der Waals surface area contributed by atoms with Crippen molar-refractivity contribution in [2.45, 2.75) is 6.92 Å². The molecule has 1 aromatic carbocycles. The summed E-state index contributed by atoms with van der Waals surface area (Å²) in [4.78, 5) is 10.0. The molecule has 0 saturated heterocycles. The Labute approximate surface area is 117 Å². The van der Waals surface area contributed by atoms with Gasteiger partial charge in [-0.3, -0.25) is 0 Å². The molecule has 0 radical (unpaired) electrons. The molecule has 0 fully saturated rings. The van der Waals surface area contributed by atoms with Crippen LogP contribution in [-0.4, -0.2) is 9.97 Å². The summed E-state index contributed by atoms with van der Waals surface area (Å²) in [7, 11) is 0. The minimum absolute atomic E-state index is 0.580. The second-order valence-electron chi connectivity index (χ2n) is 3.97. The number of pyridine rings is 1. The van der Waals surface area contributed by atoms with E-state index in [1.165, 1.54) is 0 Å². The molecule has 2 aromatic heterocycles. The fraction of sp³-hybridized carbons (Fsp3) is 0.0769. The smallest absolute Gasteiger partial charge is 0.145 e. The fourth-order valence-electron chi connectivity index (χ4n) is 1.75. The Balaban J connectivity index is 2.25. The first-order valence-corrected chi connectivity index (χ1v) is 7.04. The summed E-state index contributed by atoms with van der Waals surface area (Å²) in [6.07, 6.45) is 0. The lowest BCUT2D eigenvalue weighted by molar-refractivity contribution is 1.32. The molecule has 5 heteroatoms. The number of rotatable bonds is 1. The Morgan fingerprint density at radius 3 is 2.72 bits per heavy atom. The maximum absolute atomic E-state index is 5.80. The van der Waals surface area contributed by atoms with Crippen LogP contribution < -0.4 is 5.73 Å². The third-order valence-corrected chi connectivity index (χ3v) is 4.31. The van der Waals surface area contributed by atoms with E-state index in [-0.39, 0.29) is 0 Å². The van der Waals surface area contributed by atoms with Crippen LogP contribution in [0.15, 0.2) is 34.8 Å². The predicted molar refractivity (Wildman–Crippen MR) is 79.7 cm³/mol. The van der Waals surface area contributed by atoms with Crippen molar-refractivity contribution in [1.29, 1.82) is 0 Å². The molecular weight excluding hydrogens is 310 g/mol. The van der Waals surface area contributed by atoms with E-state index in [1.54, 1.807) is 11.3 Å². The highest BCUT2D eigenvalue weighted by Crippen LogP contribution is 2.34. The van der Waals surface area contributed by atoms with Crippen LogP contribution in [0.3, 0.4) is 0 Å². The van der Waals surface area contributed by atoms with Crippen molar-refractivity contribution in [1.82, 2.24) is 9.97 Å². The Morgan fingerprint density at radius 2 is 2.00 bits per heavy atom. The number of nitrogens with two attached hydrogens (primary N) is 1. The van der Waals surface area contributed by atoms with Crippen LogP contribution in [0.25, 0.3) is 21.6 Å². The molecule has 0 spiro atoms. The Morgan fingerprint density at radius 1 is 1.22 bits per heavy atom. The van der Waals surface area contributed by atoms with Crippen molar-refractivity contribution < 1.29 is 0 Å². The van der Waals surface area contributed by atoms with Gasteiger partial charge in [-0.15, -0.1) is 11.3 Å². The highest BCUT2D eigenvalue weighted by molar-refractivity contribution is 9.10. The summed E-state index contributed by atoms with van der Waals surface area (Å²) in [5, 5.41) is 1.96. The maximum atomic E-state index is 5.80. The van der Waals surface area contributed by atoms with Crippen molar-refractivity contribution in [2.75, 3.05) is 5.73 Å². The van der Waals surface area contributed by atoms with E-state index >= 15 is 0 Å². The van der Waals surface area contributed by atoms with E-state index in [9.17, 15) is 0 Å². The summed E-state index contributed by atoms with van der Waals surface area (Å²) < 4.78 is 0.940. The van der Waals surface area contributed by atoms with Crippen LogP contribution in [0.5, 0.6) is 0 Å². The number of nitrogens with zero attached hydrogens (tertiary/aromatic N) is 2. The third-order valence-electron chi connectivity index (χ3n) is 2.71. The summed E-state index contributed by atoms with van der Waals surface area (Å²) in [5.41, 5.74) is 7.60. The standard InChI is InChI=1S/C13H10BrN3S/c1-7-12(15)17-13(18-7)11-9(14)6-8-4-2-3-5-10(8)16-11/h2-6H,15H2,1H3. The van der Waals surface area contributed by atoms with Gasteiger partial charge in [-0.2, -0.15) is 0 Å². The first kappa shape index (κ1) is 11.6. The largest absolute Gasteiger partial charge is 0.383 e. The number of hydrogen-bond donors (Lipinski definition) is 1. The minimum Gasteiger partial charge on any atom is -0.383 e. The fourth-order valence-corrected chi connectivity index (χ4v) is 3.24. The van der Waals surface area contributed by atoms with Gasteiger partial charge in [-0.1, -0.05) is 18.2 Å². The molecular formula is C13H10BrN3S.